The van der Waals surface area contributed by atoms with Crippen LogP contribution >= 0.6 is 0 Å². The largest absolute Gasteiger partial charge is 0.492 e. The van der Waals surface area contributed by atoms with Gasteiger partial charge in [-0.2, -0.15) is 0 Å². The van der Waals surface area contributed by atoms with Gasteiger partial charge in [-0.05, 0) is 32.0 Å². The average Bonchev–Trinajstić information content (AvgIpc) is 2.49. The smallest absolute Gasteiger partial charge is 0.179 e. The van der Waals surface area contributed by atoms with Crippen LogP contribution in [0.1, 0.15) is 24.2 Å². The van der Waals surface area contributed by atoms with Crippen molar-refractivity contribution in [1.29, 1.82) is 0 Å². The lowest BCUT2D eigenvalue weighted by atomic mass is 10.0. The Morgan fingerprint density at radius 2 is 2.15 bits per heavy atom. The van der Waals surface area contributed by atoms with E-state index in [9.17, 15) is 4.79 Å². The molecule has 0 aliphatic carbocycles. The van der Waals surface area contributed by atoms with Gasteiger partial charge in [0.1, 0.15) is 5.75 Å². The van der Waals surface area contributed by atoms with Crippen LogP contribution in [0.3, 0.4) is 0 Å². The summed E-state index contributed by atoms with van der Waals surface area (Å²) in [5, 5.41) is 3.29. The van der Waals surface area contributed by atoms with E-state index < -0.39 is 0 Å². The quantitative estimate of drug-likeness (QED) is 0.624. The molecule has 0 radical (unpaired) electrons. The molecule has 1 aromatic rings. The molecule has 110 valence electrons. The van der Waals surface area contributed by atoms with E-state index in [0.29, 0.717) is 23.6 Å². The van der Waals surface area contributed by atoms with Crippen LogP contribution < -0.4 is 15.8 Å². The fourth-order valence-corrected chi connectivity index (χ4v) is 2.47. The maximum Gasteiger partial charge on any atom is 0.179 e. The summed E-state index contributed by atoms with van der Waals surface area (Å²) in [7, 11) is 0. The first-order valence-electron chi connectivity index (χ1n) is 7.14. The number of nitrogen functional groups attached to an aromatic ring is 1. The number of nitrogens with zero attached hydrogens (tertiary/aromatic N) is 1. The number of nitrogens with two attached hydrogens (primary N) is 1. The number of anilines is 1. The highest BCUT2D eigenvalue weighted by molar-refractivity contribution is 6.00. The molecule has 0 spiro atoms. The Morgan fingerprint density at radius 3 is 2.75 bits per heavy atom. The Balaban J connectivity index is 2.09. The second kappa shape index (κ2) is 6.72. The van der Waals surface area contributed by atoms with Crippen LogP contribution in [0.5, 0.6) is 5.75 Å². The summed E-state index contributed by atoms with van der Waals surface area (Å²) in [6, 6.07) is 5.17. The predicted octanol–water partition coefficient (Wildman–Crippen LogP) is 1.14. The summed E-state index contributed by atoms with van der Waals surface area (Å²) in [5.74, 6) is 0.750. The first-order chi connectivity index (χ1) is 9.63. The van der Waals surface area contributed by atoms with Crippen molar-refractivity contribution in [2.75, 3.05) is 38.5 Å². The third kappa shape index (κ3) is 3.29. The molecule has 1 heterocycles. The van der Waals surface area contributed by atoms with Crippen LogP contribution in [0.15, 0.2) is 18.2 Å². The molecule has 1 atom stereocenters. The number of ketones is 1. The van der Waals surface area contributed by atoms with E-state index in [1.807, 2.05) is 13.8 Å². The summed E-state index contributed by atoms with van der Waals surface area (Å²) < 4.78 is 5.39. The molecule has 1 aliphatic heterocycles. The number of Topliss-reactive ketones (excluding diaryl/α,β-unsaturated/α-hetero) is 1. The highest BCUT2D eigenvalue weighted by Gasteiger charge is 2.24. The van der Waals surface area contributed by atoms with E-state index in [0.717, 1.165) is 26.2 Å². The number of hydrogen-bond acceptors (Lipinski definition) is 5. The number of hydrogen-bond donors (Lipinski definition) is 2. The number of carbonyl (C=O) groups excluding carboxylic acids is 1. The number of nitrogens with one attached hydrogen (secondary N) is 1. The van der Waals surface area contributed by atoms with E-state index in [1.54, 1.807) is 18.2 Å². The molecule has 0 aromatic heterocycles. The monoisotopic (exact) mass is 277 g/mol. The Morgan fingerprint density at radius 1 is 1.45 bits per heavy atom. The third-order valence-corrected chi connectivity index (χ3v) is 3.67. The van der Waals surface area contributed by atoms with Crippen molar-refractivity contribution in [3.8, 4) is 5.75 Å². The average molecular weight is 277 g/mol. The van der Waals surface area contributed by atoms with Gasteiger partial charge in [0.2, 0.25) is 0 Å². The van der Waals surface area contributed by atoms with E-state index in [-0.39, 0.29) is 11.8 Å². The third-order valence-electron chi connectivity index (χ3n) is 3.67. The summed E-state index contributed by atoms with van der Waals surface area (Å²) in [5.41, 5.74) is 7.09. The van der Waals surface area contributed by atoms with Crippen molar-refractivity contribution in [2.45, 2.75) is 19.9 Å². The van der Waals surface area contributed by atoms with Crippen LogP contribution in [0, 0.1) is 0 Å². The van der Waals surface area contributed by atoms with Crippen LogP contribution in [0.2, 0.25) is 0 Å². The molecule has 1 aromatic carbocycles. The Hall–Kier alpha value is -1.59. The van der Waals surface area contributed by atoms with Crippen LogP contribution in [0.4, 0.5) is 5.69 Å². The SMILES string of the molecule is CCOc1ccc(C(=O)C(C)N2CCNCC2)cc1N. The maximum atomic E-state index is 12.5. The van der Waals surface area contributed by atoms with Gasteiger partial charge in [-0.15, -0.1) is 0 Å². The lowest BCUT2D eigenvalue weighted by Gasteiger charge is -2.31. The van der Waals surface area contributed by atoms with Gasteiger partial charge in [-0.1, -0.05) is 0 Å². The second-order valence-corrected chi connectivity index (χ2v) is 5.01. The van der Waals surface area contributed by atoms with Gasteiger partial charge in [0.15, 0.2) is 5.78 Å². The topological polar surface area (TPSA) is 67.6 Å². The first-order valence-corrected chi connectivity index (χ1v) is 7.14. The Labute approximate surface area is 120 Å². The van der Waals surface area contributed by atoms with Gasteiger partial charge in [-0.25, -0.2) is 0 Å². The number of carbonyl (C=O) groups is 1. The molecule has 20 heavy (non-hydrogen) atoms. The van der Waals surface area contributed by atoms with E-state index in [4.69, 9.17) is 10.5 Å². The van der Waals surface area contributed by atoms with Crippen LogP contribution in [-0.2, 0) is 0 Å². The minimum absolute atomic E-state index is 0.113. The molecular formula is C15H23N3O2. The first kappa shape index (κ1) is 14.8. The number of piperazine rings is 1. The van der Waals surface area contributed by atoms with E-state index >= 15 is 0 Å². The minimum Gasteiger partial charge on any atom is -0.492 e. The number of rotatable bonds is 5. The van der Waals surface area contributed by atoms with Gasteiger partial charge < -0.3 is 15.8 Å². The summed E-state index contributed by atoms with van der Waals surface area (Å²) >= 11 is 0. The molecule has 1 aliphatic rings. The lowest BCUT2D eigenvalue weighted by molar-refractivity contribution is 0.0820. The molecule has 5 nitrogen and oxygen atoms in total. The van der Waals surface area contributed by atoms with Crippen molar-refractivity contribution in [3.05, 3.63) is 23.8 Å². The highest BCUT2D eigenvalue weighted by Crippen LogP contribution is 2.23. The van der Waals surface area contributed by atoms with E-state index in [1.165, 1.54) is 0 Å². The summed E-state index contributed by atoms with van der Waals surface area (Å²) in [4.78, 5) is 14.7. The van der Waals surface area contributed by atoms with Crippen molar-refractivity contribution in [2.24, 2.45) is 0 Å². The van der Waals surface area contributed by atoms with Gasteiger partial charge in [0.25, 0.3) is 0 Å². The molecule has 0 amide bonds. The molecule has 3 N–H and O–H groups in total. The van der Waals surface area contributed by atoms with Gasteiger partial charge >= 0.3 is 0 Å². The molecule has 5 heteroatoms. The molecule has 1 fully saturated rings. The summed E-state index contributed by atoms with van der Waals surface area (Å²) in [6.45, 7) is 8.10. The highest BCUT2D eigenvalue weighted by atomic mass is 16.5. The van der Waals surface area contributed by atoms with Crippen molar-refractivity contribution in [3.63, 3.8) is 0 Å². The van der Waals surface area contributed by atoms with Gasteiger partial charge in [0.05, 0.1) is 18.3 Å². The van der Waals surface area contributed by atoms with Crippen LogP contribution in [-0.4, -0.2) is 49.5 Å². The lowest BCUT2D eigenvalue weighted by Crippen LogP contribution is -2.50. The van der Waals surface area contributed by atoms with Gasteiger partial charge in [-0.3, -0.25) is 9.69 Å². The zero-order valence-corrected chi connectivity index (χ0v) is 12.2. The van der Waals surface area contributed by atoms with Crippen molar-refractivity contribution >= 4 is 11.5 Å². The zero-order chi connectivity index (χ0) is 14.5. The molecule has 1 saturated heterocycles. The Kier molecular flexibility index (Phi) is 4.98. The normalized spacial score (nSPS) is 17.7. The molecule has 0 saturated carbocycles. The molecule has 0 bridgehead atoms. The van der Waals surface area contributed by atoms with Crippen molar-refractivity contribution in [1.82, 2.24) is 10.2 Å². The second-order valence-electron chi connectivity index (χ2n) is 5.01. The van der Waals surface area contributed by atoms with Gasteiger partial charge in [0, 0.05) is 31.7 Å². The maximum absolute atomic E-state index is 12.5. The predicted molar refractivity (Wildman–Crippen MR) is 80.3 cm³/mol. The standard InChI is InChI=1S/C15H23N3O2/c1-3-20-14-5-4-12(10-13(14)16)15(19)11(2)18-8-6-17-7-9-18/h4-5,10-11,17H,3,6-9,16H2,1-2H3. The summed E-state index contributed by atoms with van der Waals surface area (Å²) in [6.07, 6.45) is 0. The number of ether oxygens (including phenoxy) is 1. The minimum atomic E-state index is -0.116. The number of benzene rings is 1. The molecule has 2 rings (SSSR count). The molecule has 1 unspecified atom stereocenters. The van der Waals surface area contributed by atoms with Crippen molar-refractivity contribution < 1.29 is 9.53 Å². The fraction of sp³-hybridized carbons (Fsp3) is 0.533. The molecular weight excluding hydrogens is 254 g/mol. The zero-order valence-electron chi connectivity index (χ0n) is 12.2. The Bertz CT molecular complexity index is 470. The van der Waals surface area contributed by atoms with E-state index in [2.05, 4.69) is 10.2 Å². The van der Waals surface area contributed by atoms with Crippen LogP contribution in [0.25, 0.3) is 0 Å². The fourth-order valence-electron chi connectivity index (χ4n) is 2.47.